The molecule has 1 aliphatic heterocycles. The van der Waals surface area contributed by atoms with Gasteiger partial charge in [-0.2, -0.15) is 0 Å². The van der Waals surface area contributed by atoms with Gasteiger partial charge >= 0.3 is 0 Å². The number of carbonyl (C=O) groups excluding carboxylic acids is 1. The lowest BCUT2D eigenvalue weighted by Gasteiger charge is -2.12. The number of hydrogen-bond donors (Lipinski definition) is 2. The minimum Gasteiger partial charge on any atom is -0.377 e. The maximum atomic E-state index is 12.5. The van der Waals surface area contributed by atoms with E-state index in [1.54, 1.807) is 24.4 Å². The molecule has 2 heterocycles. The molecule has 0 bridgehead atoms. The quantitative estimate of drug-likeness (QED) is 0.806. The van der Waals surface area contributed by atoms with Crippen molar-refractivity contribution < 1.29 is 17.9 Å². The number of anilines is 1. The standard InChI is InChI=1S/C18H21N3O4S/c1-13-7-8-19-17(10-13)21-18(22)14-4-2-6-16(11-14)26(23,24)20-12-15-5-3-9-25-15/h2,4,6-8,10-11,15,20H,3,5,9,12H2,1H3,(H,19,21,22). The van der Waals surface area contributed by atoms with E-state index in [4.69, 9.17) is 4.74 Å². The average molecular weight is 375 g/mol. The Labute approximate surface area is 152 Å². The summed E-state index contributed by atoms with van der Waals surface area (Å²) in [4.78, 5) is 16.5. The Hall–Kier alpha value is -2.29. The van der Waals surface area contributed by atoms with Crippen LogP contribution in [0.3, 0.4) is 0 Å². The molecule has 3 rings (SSSR count). The summed E-state index contributed by atoms with van der Waals surface area (Å²) in [6.07, 6.45) is 3.29. The molecule has 2 N–H and O–H groups in total. The second-order valence-corrected chi connectivity index (χ2v) is 7.95. The Bertz CT molecular complexity index is 893. The van der Waals surface area contributed by atoms with E-state index in [9.17, 15) is 13.2 Å². The normalized spacial score (nSPS) is 17.2. The maximum Gasteiger partial charge on any atom is 0.256 e. The lowest BCUT2D eigenvalue weighted by molar-refractivity contribution is 0.102. The molecule has 26 heavy (non-hydrogen) atoms. The van der Waals surface area contributed by atoms with Crippen LogP contribution in [0.1, 0.15) is 28.8 Å². The van der Waals surface area contributed by atoms with Crippen molar-refractivity contribution in [2.24, 2.45) is 0 Å². The second-order valence-electron chi connectivity index (χ2n) is 6.19. The van der Waals surface area contributed by atoms with Crippen LogP contribution < -0.4 is 10.0 Å². The largest absolute Gasteiger partial charge is 0.377 e. The van der Waals surface area contributed by atoms with Crippen LogP contribution in [0.25, 0.3) is 0 Å². The topological polar surface area (TPSA) is 97.4 Å². The molecule has 1 amide bonds. The molecule has 8 heteroatoms. The molecule has 1 saturated heterocycles. The van der Waals surface area contributed by atoms with Gasteiger partial charge in [0.2, 0.25) is 10.0 Å². The molecule has 1 aromatic heterocycles. The van der Waals surface area contributed by atoms with Crippen molar-refractivity contribution in [3.05, 3.63) is 53.7 Å². The van der Waals surface area contributed by atoms with E-state index in [2.05, 4.69) is 15.0 Å². The van der Waals surface area contributed by atoms with Crippen LogP contribution in [0.5, 0.6) is 0 Å². The van der Waals surface area contributed by atoms with Crippen molar-refractivity contribution in [3.63, 3.8) is 0 Å². The first kappa shape index (κ1) is 18.5. The van der Waals surface area contributed by atoms with E-state index in [0.717, 1.165) is 18.4 Å². The first-order valence-corrected chi connectivity index (χ1v) is 9.88. The molecule has 1 fully saturated rings. The Morgan fingerprint density at radius 3 is 2.88 bits per heavy atom. The van der Waals surface area contributed by atoms with E-state index in [1.807, 2.05) is 13.0 Å². The molecule has 0 aliphatic carbocycles. The highest BCUT2D eigenvalue weighted by molar-refractivity contribution is 7.89. The van der Waals surface area contributed by atoms with Gasteiger partial charge < -0.3 is 10.1 Å². The number of pyridine rings is 1. The molecule has 138 valence electrons. The first-order chi connectivity index (χ1) is 12.4. The number of sulfonamides is 1. The zero-order valence-corrected chi connectivity index (χ0v) is 15.3. The van der Waals surface area contributed by atoms with Crippen molar-refractivity contribution >= 4 is 21.7 Å². The van der Waals surface area contributed by atoms with Gasteiger partial charge in [0.05, 0.1) is 11.0 Å². The second kappa shape index (κ2) is 7.94. The molecule has 1 aliphatic rings. The molecule has 0 radical (unpaired) electrons. The monoisotopic (exact) mass is 375 g/mol. The molecular formula is C18H21N3O4S. The van der Waals surface area contributed by atoms with Gasteiger partial charge in [-0.3, -0.25) is 4.79 Å². The van der Waals surface area contributed by atoms with Crippen molar-refractivity contribution in [1.29, 1.82) is 0 Å². The highest BCUT2D eigenvalue weighted by atomic mass is 32.2. The SMILES string of the molecule is Cc1ccnc(NC(=O)c2cccc(S(=O)(=O)NCC3CCCO3)c2)c1. The van der Waals surface area contributed by atoms with Crippen molar-refractivity contribution in [2.45, 2.75) is 30.8 Å². The van der Waals surface area contributed by atoms with Crippen molar-refractivity contribution in [3.8, 4) is 0 Å². The Kier molecular flexibility index (Phi) is 5.65. The number of rotatable bonds is 6. The third-order valence-electron chi connectivity index (χ3n) is 4.09. The number of aryl methyl sites for hydroxylation is 1. The maximum absolute atomic E-state index is 12.5. The van der Waals surface area contributed by atoms with Gasteiger partial charge in [0, 0.05) is 24.9 Å². The molecule has 1 aromatic carbocycles. The lowest BCUT2D eigenvalue weighted by atomic mass is 10.2. The smallest absolute Gasteiger partial charge is 0.256 e. The average Bonchev–Trinajstić information content (AvgIpc) is 3.14. The van der Waals surface area contributed by atoms with Gasteiger partial charge in [0.25, 0.3) is 5.91 Å². The van der Waals surface area contributed by atoms with Crippen LogP contribution in [0.4, 0.5) is 5.82 Å². The fraction of sp³-hybridized carbons (Fsp3) is 0.333. The highest BCUT2D eigenvalue weighted by Crippen LogP contribution is 2.15. The zero-order valence-electron chi connectivity index (χ0n) is 14.4. The number of carbonyl (C=O) groups is 1. The zero-order chi connectivity index (χ0) is 18.6. The number of hydrogen-bond acceptors (Lipinski definition) is 5. The molecule has 7 nitrogen and oxygen atoms in total. The number of nitrogens with zero attached hydrogens (tertiary/aromatic N) is 1. The van der Waals surface area contributed by atoms with Crippen LogP contribution in [0.15, 0.2) is 47.5 Å². The lowest BCUT2D eigenvalue weighted by Crippen LogP contribution is -2.32. The van der Waals surface area contributed by atoms with Gasteiger partial charge in [0.1, 0.15) is 5.82 Å². The number of nitrogens with one attached hydrogen (secondary N) is 2. The summed E-state index contributed by atoms with van der Waals surface area (Å²) in [5.41, 5.74) is 1.21. The molecule has 1 unspecified atom stereocenters. The molecular weight excluding hydrogens is 354 g/mol. The summed E-state index contributed by atoms with van der Waals surface area (Å²) in [7, 11) is -3.71. The fourth-order valence-corrected chi connectivity index (χ4v) is 3.80. The van der Waals surface area contributed by atoms with E-state index in [-0.39, 0.29) is 23.1 Å². The van der Waals surface area contributed by atoms with E-state index in [0.29, 0.717) is 12.4 Å². The van der Waals surface area contributed by atoms with Crippen molar-refractivity contribution in [2.75, 3.05) is 18.5 Å². The predicted molar refractivity (Wildman–Crippen MR) is 97.5 cm³/mol. The van der Waals surface area contributed by atoms with Crippen LogP contribution in [0, 0.1) is 6.92 Å². The van der Waals surface area contributed by atoms with Crippen LogP contribution in [0.2, 0.25) is 0 Å². The van der Waals surface area contributed by atoms with E-state index in [1.165, 1.54) is 12.1 Å². The summed E-state index contributed by atoms with van der Waals surface area (Å²) < 4.78 is 32.9. The first-order valence-electron chi connectivity index (χ1n) is 8.39. The van der Waals surface area contributed by atoms with Gasteiger partial charge in [-0.05, 0) is 55.7 Å². The summed E-state index contributed by atoms with van der Waals surface area (Å²) in [6.45, 7) is 2.78. The predicted octanol–water partition coefficient (Wildman–Crippen LogP) is 2.10. The summed E-state index contributed by atoms with van der Waals surface area (Å²) in [5.74, 6) is -0.000886. The minimum absolute atomic E-state index is 0.0420. The Morgan fingerprint density at radius 1 is 1.31 bits per heavy atom. The van der Waals surface area contributed by atoms with Gasteiger partial charge in [-0.25, -0.2) is 18.1 Å². The van der Waals surface area contributed by atoms with E-state index >= 15 is 0 Å². The van der Waals surface area contributed by atoms with Crippen LogP contribution >= 0.6 is 0 Å². The summed E-state index contributed by atoms with van der Waals surface area (Å²) in [6, 6.07) is 9.47. The molecule has 1 atom stereocenters. The molecule has 2 aromatic rings. The Morgan fingerprint density at radius 2 is 2.15 bits per heavy atom. The minimum atomic E-state index is -3.71. The van der Waals surface area contributed by atoms with Gasteiger partial charge in [0.15, 0.2) is 0 Å². The highest BCUT2D eigenvalue weighted by Gasteiger charge is 2.21. The van der Waals surface area contributed by atoms with Gasteiger partial charge in [-0.1, -0.05) is 6.07 Å². The van der Waals surface area contributed by atoms with E-state index < -0.39 is 15.9 Å². The third-order valence-corrected chi connectivity index (χ3v) is 5.51. The number of amides is 1. The summed E-state index contributed by atoms with van der Waals surface area (Å²) in [5, 5.41) is 2.67. The van der Waals surface area contributed by atoms with Crippen molar-refractivity contribution in [1.82, 2.24) is 9.71 Å². The number of benzene rings is 1. The Balaban J connectivity index is 1.71. The fourth-order valence-electron chi connectivity index (χ4n) is 2.69. The molecule has 0 saturated carbocycles. The number of aromatic nitrogens is 1. The number of ether oxygens (including phenoxy) is 1. The molecule has 0 spiro atoms. The van der Waals surface area contributed by atoms with Gasteiger partial charge in [-0.15, -0.1) is 0 Å². The van der Waals surface area contributed by atoms with Crippen LogP contribution in [-0.4, -0.2) is 38.6 Å². The third kappa shape index (κ3) is 4.66. The summed E-state index contributed by atoms with van der Waals surface area (Å²) >= 11 is 0. The van der Waals surface area contributed by atoms with Crippen LogP contribution in [-0.2, 0) is 14.8 Å².